The third kappa shape index (κ3) is 4.30. The van der Waals surface area contributed by atoms with Gasteiger partial charge in [-0.3, -0.25) is 4.79 Å². The summed E-state index contributed by atoms with van der Waals surface area (Å²) in [6.45, 7) is 5.50. The normalized spacial score (nSPS) is 23.8. The Kier molecular flexibility index (Phi) is 5.91. The van der Waals surface area contributed by atoms with E-state index < -0.39 is 0 Å². The fourth-order valence-electron chi connectivity index (χ4n) is 3.84. The molecule has 1 aromatic carbocycles. The number of hydrogen-bond donors (Lipinski definition) is 0. The summed E-state index contributed by atoms with van der Waals surface area (Å²) in [5.41, 5.74) is -0.175. The number of carbonyl (C=O) groups excluding carboxylic acids is 1. The van der Waals surface area contributed by atoms with Crippen LogP contribution >= 0.6 is 0 Å². The van der Waals surface area contributed by atoms with E-state index in [0.29, 0.717) is 31.4 Å². The molecule has 0 aliphatic carbocycles. The predicted octanol–water partition coefficient (Wildman–Crippen LogP) is 2.17. The molecule has 2 heterocycles. The highest BCUT2D eigenvalue weighted by Crippen LogP contribution is 2.40. The van der Waals surface area contributed by atoms with Crippen LogP contribution < -0.4 is 4.74 Å². The number of hydrogen-bond acceptors (Lipinski definition) is 4. The first-order valence-corrected chi connectivity index (χ1v) is 9.02. The number of halogens is 1. The third-order valence-electron chi connectivity index (χ3n) is 5.30. The molecule has 6 heteroatoms. The van der Waals surface area contributed by atoms with Crippen molar-refractivity contribution in [2.75, 3.05) is 53.0 Å². The van der Waals surface area contributed by atoms with Crippen LogP contribution in [0.2, 0.25) is 0 Å². The maximum Gasteiger partial charge on any atom is 0.230 e. The molecule has 1 aromatic rings. The Bertz CT molecular complexity index is 581. The van der Waals surface area contributed by atoms with Crippen LogP contribution in [0.4, 0.5) is 4.39 Å². The highest BCUT2D eigenvalue weighted by Gasteiger charge is 2.50. The quantitative estimate of drug-likeness (QED) is 0.674. The molecule has 0 bridgehead atoms. The summed E-state index contributed by atoms with van der Waals surface area (Å²) < 4.78 is 23.6. The lowest BCUT2D eigenvalue weighted by Gasteiger charge is -2.23. The third-order valence-corrected chi connectivity index (χ3v) is 5.30. The van der Waals surface area contributed by atoms with Gasteiger partial charge in [-0.1, -0.05) is 0 Å². The molecule has 1 spiro atoms. The molecule has 0 radical (unpaired) electrons. The Morgan fingerprint density at radius 2 is 1.88 bits per heavy atom. The van der Waals surface area contributed by atoms with Crippen LogP contribution in [0.3, 0.4) is 0 Å². The van der Waals surface area contributed by atoms with E-state index in [1.54, 1.807) is 19.2 Å². The zero-order chi connectivity index (χ0) is 17.7. The van der Waals surface area contributed by atoms with Crippen molar-refractivity contribution in [2.45, 2.75) is 19.3 Å². The van der Waals surface area contributed by atoms with Gasteiger partial charge in [-0.15, -0.1) is 0 Å². The first kappa shape index (κ1) is 18.1. The molecule has 0 aromatic heterocycles. The van der Waals surface area contributed by atoms with Crippen molar-refractivity contribution in [1.29, 1.82) is 0 Å². The molecule has 1 amide bonds. The molecule has 5 nitrogen and oxygen atoms in total. The van der Waals surface area contributed by atoms with E-state index >= 15 is 0 Å². The summed E-state index contributed by atoms with van der Waals surface area (Å²) in [4.78, 5) is 17.0. The summed E-state index contributed by atoms with van der Waals surface area (Å²) in [6.07, 6.45) is 2.81. The molecular weight excluding hydrogens is 323 g/mol. The topological polar surface area (TPSA) is 42.0 Å². The van der Waals surface area contributed by atoms with Gasteiger partial charge in [-0.25, -0.2) is 4.39 Å². The summed E-state index contributed by atoms with van der Waals surface area (Å²) in [5, 5.41) is 0. The predicted molar refractivity (Wildman–Crippen MR) is 93.1 cm³/mol. The summed E-state index contributed by atoms with van der Waals surface area (Å²) in [7, 11) is 1.67. The van der Waals surface area contributed by atoms with Crippen molar-refractivity contribution in [2.24, 2.45) is 5.41 Å². The first-order valence-electron chi connectivity index (χ1n) is 9.02. The number of ether oxygens (including phenoxy) is 2. The van der Waals surface area contributed by atoms with Crippen LogP contribution in [0.25, 0.3) is 0 Å². The Morgan fingerprint density at radius 1 is 1.12 bits per heavy atom. The lowest BCUT2D eigenvalue weighted by Crippen LogP contribution is -2.38. The second-order valence-electron chi connectivity index (χ2n) is 7.00. The van der Waals surface area contributed by atoms with Crippen molar-refractivity contribution in [1.82, 2.24) is 9.80 Å². The van der Waals surface area contributed by atoms with E-state index in [4.69, 9.17) is 9.47 Å². The van der Waals surface area contributed by atoms with Crippen LogP contribution in [-0.4, -0.2) is 68.8 Å². The monoisotopic (exact) mass is 350 g/mol. The summed E-state index contributed by atoms with van der Waals surface area (Å²) >= 11 is 0. The van der Waals surface area contributed by atoms with Crippen molar-refractivity contribution in [3.63, 3.8) is 0 Å². The van der Waals surface area contributed by atoms with Gasteiger partial charge in [0.05, 0.1) is 18.6 Å². The number of carbonyl (C=O) groups is 1. The lowest BCUT2D eigenvalue weighted by atomic mass is 9.85. The van der Waals surface area contributed by atoms with Crippen LogP contribution in [-0.2, 0) is 9.53 Å². The van der Waals surface area contributed by atoms with Gasteiger partial charge < -0.3 is 19.3 Å². The summed E-state index contributed by atoms with van der Waals surface area (Å²) in [6, 6.07) is 6.10. The Morgan fingerprint density at radius 3 is 2.64 bits per heavy atom. The van der Waals surface area contributed by atoms with Gasteiger partial charge in [0.2, 0.25) is 5.91 Å². The number of likely N-dealkylation sites (tertiary alicyclic amines) is 2. The molecule has 2 saturated heterocycles. The standard InChI is InChI=1S/C19H27FN2O3/c1-24-14-12-22-11-8-19(18(22)23)7-10-21(15-19)9-2-13-25-17-5-3-16(20)4-6-17/h3-6H,2,7-15H2,1H3. The van der Waals surface area contributed by atoms with Crippen LogP contribution in [0.1, 0.15) is 19.3 Å². The molecule has 25 heavy (non-hydrogen) atoms. The molecular formula is C19H27FN2O3. The lowest BCUT2D eigenvalue weighted by molar-refractivity contribution is -0.136. The molecule has 0 saturated carbocycles. The number of benzene rings is 1. The van der Waals surface area contributed by atoms with Crippen LogP contribution in [0, 0.1) is 11.2 Å². The molecule has 0 N–H and O–H groups in total. The second kappa shape index (κ2) is 8.15. The number of nitrogens with zero attached hydrogens (tertiary/aromatic N) is 2. The SMILES string of the molecule is COCCN1CCC2(CCN(CCCOc3ccc(F)cc3)C2)C1=O. The fourth-order valence-corrected chi connectivity index (χ4v) is 3.84. The average Bonchev–Trinajstić information content (AvgIpc) is 3.17. The number of amides is 1. The highest BCUT2D eigenvalue weighted by atomic mass is 19.1. The van der Waals surface area contributed by atoms with Crippen LogP contribution in [0.15, 0.2) is 24.3 Å². The van der Waals surface area contributed by atoms with Gasteiger partial charge in [0, 0.05) is 33.3 Å². The fraction of sp³-hybridized carbons (Fsp3) is 0.632. The molecule has 2 fully saturated rings. The highest BCUT2D eigenvalue weighted by molar-refractivity contribution is 5.85. The molecule has 1 atom stereocenters. The smallest absolute Gasteiger partial charge is 0.230 e. The number of methoxy groups -OCH3 is 1. The van der Waals surface area contributed by atoms with Crippen molar-refractivity contribution in [3.05, 3.63) is 30.1 Å². The Labute approximate surface area is 148 Å². The minimum Gasteiger partial charge on any atom is -0.494 e. The summed E-state index contributed by atoms with van der Waals surface area (Å²) in [5.74, 6) is 0.740. The average molecular weight is 350 g/mol. The molecule has 2 aliphatic rings. The van der Waals surface area contributed by atoms with Crippen molar-refractivity contribution >= 4 is 5.91 Å². The first-order chi connectivity index (χ1) is 12.1. The van der Waals surface area contributed by atoms with Gasteiger partial charge in [-0.05, 0) is 50.1 Å². The maximum atomic E-state index is 12.9. The largest absolute Gasteiger partial charge is 0.494 e. The van der Waals surface area contributed by atoms with Gasteiger partial charge in [0.15, 0.2) is 0 Å². The van der Waals surface area contributed by atoms with E-state index in [1.165, 1.54) is 12.1 Å². The van der Waals surface area contributed by atoms with Gasteiger partial charge >= 0.3 is 0 Å². The van der Waals surface area contributed by atoms with Crippen molar-refractivity contribution < 1.29 is 18.7 Å². The number of rotatable bonds is 8. The van der Waals surface area contributed by atoms with E-state index in [1.807, 2.05) is 4.90 Å². The molecule has 2 aliphatic heterocycles. The maximum absolute atomic E-state index is 12.9. The van der Waals surface area contributed by atoms with E-state index in [9.17, 15) is 9.18 Å². The van der Waals surface area contributed by atoms with E-state index in [-0.39, 0.29) is 11.2 Å². The van der Waals surface area contributed by atoms with Crippen molar-refractivity contribution in [3.8, 4) is 5.75 Å². The molecule has 1 unspecified atom stereocenters. The minimum atomic E-state index is -0.254. The zero-order valence-corrected chi connectivity index (χ0v) is 14.9. The Balaban J connectivity index is 1.39. The minimum absolute atomic E-state index is 0.175. The Hall–Kier alpha value is -1.66. The van der Waals surface area contributed by atoms with Gasteiger partial charge in [0.1, 0.15) is 11.6 Å². The van der Waals surface area contributed by atoms with Gasteiger partial charge in [-0.2, -0.15) is 0 Å². The van der Waals surface area contributed by atoms with E-state index in [2.05, 4.69) is 4.90 Å². The van der Waals surface area contributed by atoms with E-state index in [0.717, 1.165) is 45.4 Å². The second-order valence-corrected chi connectivity index (χ2v) is 7.00. The van der Waals surface area contributed by atoms with Crippen LogP contribution in [0.5, 0.6) is 5.75 Å². The molecule has 3 rings (SSSR count). The molecule has 138 valence electrons. The zero-order valence-electron chi connectivity index (χ0n) is 14.9. The van der Waals surface area contributed by atoms with Gasteiger partial charge in [0.25, 0.3) is 0 Å².